The Bertz CT molecular complexity index is 1690. The smallest absolute Gasteiger partial charge is 0.319 e. The van der Waals surface area contributed by atoms with Crippen molar-refractivity contribution in [2.75, 3.05) is 44.0 Å². The SMILES string of the molecule is CN1CCC[C@H]1COc1nc2c3c(c(Cl)c(-c4ccc(F)c5sc(N)nc45)c(F)c3n1)OC[C@H]1CC(F)(F)CN21. The van der Waals surface area contributed by atoms with Crippen LogP contribution in [-0.4, -0.2) is 71.2 Å². The van der Waals surface area contributed by atoms with E-state index in [9.17, 15) is 13.2 Å². The average Bonchev–Trinajstić information content (AvgIpc) is 3.57. The highest BCUT2D eigenvalue weighted by molar-refractivity contribution is 7.22. The molecule has 2 atom stereocenters. The highest BCUT2D eigenvalue weighted by Gasteiger charge is 2.48. The minimum absolute atomic E-state index is 0.0588. The van der Waals surface area contributed by atoms with Crippen LogP contribution in [-0.2, 0) is 0 Å². The number of hydrogen-bond acceptors (Lipinski definition) is 9. The van der Waals surface area contributed by atoms with E-state index >= 15 is 4.39 Å². The third-order valence-corrected chi connectivity index (χ3v) is 9.12. The van der Waals surface area contributed by atoms with Crippen molar-refractivity contribution in [1.29, 1.82) is 0 Å². The number of aromatic nitrogens is 3. The first kappa shape index (κ1) is 25.8. The van der Waals surface area contributed by atoms with Crippen molar-refractivity contribution in [3.63, 3.8) is 0 Å². The number of fused-ring (bicyclic) bond motifs is 3. The summed E-state index contributed by atoms with van der Waals surface area (Å²) in [6, 6.07) is 1.80. The van der Waals surface area contributed by atoms with Crippen molar-refractivity contribution in [2.45, 2.75) is 37.3 Å². The molecule has 0 amide bonds. The number of ether oxygens (including phenoxy) is 2. The number of alkyl halides is 2. The van der Waals surface area contributed by atoms with E-state index in [1.165, 1.54) is 17.0 Å². The normalized spacial score (nSPS) is 22.1. The zero-order valence-corrected chi connectivity index (χ0v) is 22.8. The van der Waals surface area contributed by atoms with Gasteiger partial charge in [0.25, 0.3) is 5.92 Å². The average molecular weight is 595 g/mol. The predicted molar refractivity (Wildman–Crippen MR) is 145 cm³/mol. The number of hydrogen-bond donors (Lipinski definition) is 1. The van der Waals surface area contributed by atoms with E-state index in [2.05, 4.69) is 19.9 Å². The third-order valence-electron chi connectivity index (χ3n) is 7.87. The molecular weight excluding hydrogens is 572 g/mol. The standard InChI is InChI=1S/C26H23ClF4N6O2S/c1-36-6-2-3-11(36)8-39-25-34-20-16-21(38-9-12-7-26(30,31)10-37(12)23(16)35-25)17(27)15(18(20)29)13-4-5-14(28)22-19(13)33-24(32)40-22/h4-5,11-12H,2-3,6-10H2,1H3,(H2,32,33)/t11-,12+/m0/s1. The number of benzene rings is 2. The molecule has 7 rings (SSSR count). The molecule has 2 saturated heterocycles. The Balaban J connectivity index is 1.46. The van der Waals surface area contributed by atoms with Gasteiger partial charge < -0.3 is 25.0 Å². The fourth-order valence-electron chi connectivity index (χ4n) is 5.91. The Morgan fingerprint density at radius 2 is 2.05 bits per heavy atom. The molecule has 0 aliphatic carbocycles. The van der Waals surface area contributed by atoms with Crippen molar-refractivity contribution in [2.24, 2.45) is 0 Å². The number of rotatable bonds is 4. The molecule has 40 heavy (non-hydrogen) atoms. The summed E-state index contributed by atoms with van der Waals surface area (Å²) in [4.78, 5) is 16.7. The van der Waals surface area contributed by atoms with Gasteiger partial charge in [0.1, 0.15) is 30.4 Å². The van der Waals surface area contributed by atoms with Crippen LogP contribution in [0.5, 0.6) is 11.8 Å². The van der Waals surface area contributed by atoms with E-state index in [4.69, 9.17) is 26.8 Å². The minimum Gasteiger partial charge on any atom is -0.489 e. The van der Waals surface area contributed by atoms with Crippen LogP contribution in [0.4, 0.5) is 28.5 Å². The van der Waals surface area contributed by atoms with Gasteiger partial charge in [0.15, 0.2) is 16.7 Å². The Morgan fingerprint density at radius 1 is 1.23 bits per heavy atom. The van der Waals surface area contributed by atoms with E-state index in [0.717, 1.165) is 30.7 Å². The molecule has 2 aromatic heterocycles. The van der Waals surface area contributed by atoms with Crippen LogP contribution >= 0.6 is 22.9 Å². The van der Waals surface area contributed by atoms with E-state index in [1.54, 1.807) is 0 Å². The van der Waals surface area contributed by atoms with Crippen molar-refractivity contribution < 1.29 is 27.0 Å². The molecule has 0 saturated carbocycles. The fraction of sp³-hybridized carbons (Fsp3) is 0.423. The number of nitrogens with two attached hydrogens (primary N) is 1. The van der Waals surface area contributed by atoms with Gasteiger partial charge in [0, 0.05) is 23.6 Å². The van der Waals surface area contributed by atoms with E-state index in [0.29, 0.717) is 0 Å². The molecule has 8 nitrogen and oxygen atoms in total. The monoisotopic (exact) mass is 594 g/mol. The maximum absolute atomic E-state index is 16.6. The first-order valence-electron chi connectivity index (χ1n) is 12.8. The molecule has 0 bridgehead atoms. The summed E-state index contributed by atoms with van der Waals surface area (Å²) in [6.45, 7) is 0.433. The zero-order chi connectivity index (χ0) is 27.9. The van der Waals surface area contributed by atoms with Gasteiger partial charge in [0.2, 0.25) is 0 Å². The lowest BCUT2D eigenvalue weighted by Gasteiger charge is -2.24. The summed E-state index contributed by atoms with van der Waals surface area (Å²) in [6.07, 6.45) is 1.48. The van der Waals surface area contributed by atoms with Gasteiger partial charge in [-0.1, -0.05) is 22.9 Å². The summed E-state index contributed by atoms with van der Waals surface area (Å²) in [5.41, 5.74) is 5.87. The van der Waals surface area contributed by atoms with Crippen LogP contribution in [0.3, 0.4) is 0 Å². The lowest BCUT2D eigenvalue weighted by molar-refractivity contribution is 0.0205. The van der Waals surface area contributed by atoms with E-state index in [1.807, 2.05) is 7.05 Å². The Labute approximate surface area is 234 Å². The summed E-state index contributed by atoms with van der Waals surface area (Å²) < 4.78 is 72.3. The number of halogens is 5. The van der Waals surface area contributed by atoms with Crippen LogP contribution in [0.15, 0.2) is 12.1 Å². The molecule has 0 spiro atoms. The number of likely N-dealkylation sites (N-methyl/N-ethyl adjacent to an activating group) is 1. The van der Waals surface area contributed by atoms with Crippen molar-refractivity contribution >= 4 is 55.0 Å². The quantitative estimate of drug-likeness (QED) is 0.310. The van der Waals surface area contributed by atoms with Crippen LogP contribution in [0.25, 0.3) is 32.2 Å². The molecule has 0 radical (unpaired) electrons. The Kier molecular flexibility index (Phi) is 5.92. The third kappa shape index (κ3) is 4.00. The molecule has 5 heterocycles. The van der Waals surface area contributed by atoms with Gasteiger partial charge in [-0.15, -0.1) is 0 Å². The Morgan fingerprint density at radius 3 is 2.83 bits per heavy atom. The number of anilines is 2. The van der Waals surface area contributed by atoms with Gasteiger partial charge in [-0.2, -0.15) is 9.97 Å². The molecule has 210 valence electrons. The minimum atomic E-state index is -2.98. The Hall–Kier alpha value is -3.16. The lowest BCUT2D eigenvalue weighted by Crippen LogP contribution is -2.34. The number of nitrogen functional groups attached to an aromatic ring is 1. The predicted octanol–water partition coefficient (Wildman–Crippen LogP) is 5.50. The number of nitrogens with zero attached hydrogens (tertiary/aromatic N) is 5. The summed E-state index contributed by atoms with van der Waals surface area (Å²) in [5, 5.41) is 0.0586. The van der Waals surface area contributed by atoms with Gasteiger partial charge >= 0.3 is 6.01 Å². The van der Waals surface area contributed by atoms with E-state index < -0.39 is 36.6 Å². The van der Waals surface area contributed by atoms with Crippen LogP contribution in [0.2, 0.25) is 5.02 Å². The largest absolute Gasteiger partial charge is 0.489 e. The lowest BCUT2D eigenvalue weighted by atomic mass is 10.0. The molecule has 14 heteroatoms. The van der Waals surface area contributed by atoms with Gasteiger partial charge in [-0.3, -0.25) is 0 Å². The highest BCUT2D eigenvalue weighted by atomic mass is 35.5. The van der Waals surface area contributed by atoms with Gasteiger partial charge in [-0.25, -0.2) is 22.5 Å². The first-order valence-corrected chi connectivity index (χ1v) is 14.0. The molecule has 2 aromatic carbocycles. The molecule has 3 aliphatic rings. The summed E-state index contributed by atoms with van der Waals surface area (Å²) >= 11 is 7.73. The topological polar surface area (TPSA) is 89.6 Å². The van der Waals surface area contributed by atoms with Crippen LogP contribution in [0, 0.1) is 11.6 Å². The van der Waals surface area contributed by atoms with Crippen LogP contribution in [0.1, 0.15) is 19.3 Å². The molecule has 2 fully saturated rings. The van der Waals surface area contributed by atoms with E-state index in [-0.39, 0.29) is 79.2 Å². The number of likely N-dealkylation sites (tertiary alicyclic amines) is 1. The second kappa shape index (κ2) is 9.18. The second-order valence-electron chi connectivity index (χ2n) is 10.5. The van der Waals surface area contributed by atoms with Crippen molar-refractivity contribution in [1.82, 2.24) is 19.9 Å². The molecule has 2 N–H and O–H groups in total. The summed E-state index contributed by atoms with van der Waals surface area (Å²) in [5.74, 6) is -4.27. The molecule has 4 aromatic rings. The maximum atomic E-state index is 16.6. The molecule has 0 unspecified atom stereocenters. The number of thiazole rings is 1. The first-order chi connectivity index (χ1) is 19.1. The highest BCUT2D eigenvalue weighted by Crippen LogP contribution is 2.51. The van der Waals surface area contributed by atoms with Crippen molar-refractivity contribution in [3.05, 3.63) is 28.8 Å². The van der Waals surface area contributed by atoms with Crippen LogP contribution < -0.4 is 20.1 Å². The molecule has 3 aliphatic heterocycles. The summed E-state index contributed by atoms with van der Waals surface area (Å²) in [7, 11) is 1.99. The fourth-order valence-corrected chi connectivity index (χ4v) is 7.01. The van der Waals surface area contributed by atoms with Gasteiger partial charge in [0.05, 0.1) is 33.2 Å². The second-order valence-corrected chi connectivity index (χ2v) is 11.9. The maximum Gasteiger partial charge on any atom is 0.319 e. The molecular formula is C26H23ClF4N6O2S. The van der Waals surface area contributed by atoms with Crippen molar-refractivity contribution in [3.8, 4) is 22.9 Å². The van der Waals surface area contributed by atoms with Gasteiger partial charge in [-0.05, 0) is 38.6 Å². The zero-order valence-electron chi connectivity index (χ0n) is 21.2.